The normalized spacial score (nSPS) is 14.2. The van der Waals surface area contributed by atoms with Gasteiger partial charge in [-0.1, -0.05) is 60.1 Å². The molecule has 0 radical (unpaired) electrons. The summed E-state index contributed by atoms with van der Waals surface area (Å²) >= 11 is 10.3. The van der Waals surface area contributed by atoms with Crippen LogP contribution in [-0.2, 0) is 13.2 Å². The van der Waals surface area contributed by atoms with Crippen molar-refractivity contribution in [2.75, 3.05) is 13.2 Å². The average Bonchev–Trinajstić information content (AvgIpc) is 3.67. The molecule has 3 aromatic carbocycles. The van der Waals surface area contributed by atoms with E-state index in [1.54, 1.807) is 0 Å². The van der Waals surface area contributed by atoms with Gasteiger partial charge in [-0.05, 0) is 58.8 Å². The van der Waals surface area contributed by atoms with Crippen LogP contribution in [0.3, 0.4) is 0 Å². The topological polar surface area (TPSA) is 50.7 Å². The Labute approximate surface area is 209 Å². The first-order valence-electron chi connectivity index (χ1n) is 11.3. The molecule has 3 aromatic rings. The molecule has 0 spiro atoms. The molecule has 0 aliphatic heterocycles. The van der Waals surface area contributed by atoms with Crippen molar-refractivity contribution >= 4 is 27.5 Å². The highest BCUT2D eigenvalue weighted by atomic mass is 79.9. The molecule has 0 aromatic heterocycles. The first kappa shape index (κ1) is 24.1. The summed E-state index contributed by atoms with van der Waals surface area (Å²) in [6.45, 7) is 3.65. The average molecular weight is 531 g/mol. The molecule has 174 valence electrons. The second-order valence-corrected chi connectivity index (χ2v) is 9.74. The zero-order valence-corrected chi connectivity index (χ0v) is 21.0. The first-order valence-corrected chi connectivity index (χ1v) is 12.5. The summed E-state index contributed by atoms with van der Waals surface area (Å²) in [6, 6.07) is 20.2. The Hall–Kier alpha value is -2.05. The minimum atomic E-state index is -0.00905. The van der Waals surface area contributed by atoms with Crippen LogP contribution >= 0.6 is 27.5 Å². The van der Waals surface area contributed by atoms with Gasteiger partial charge in [-0.2, -0.15) is 0 Å². The number of aliphatic hydroxyl groups excluding tert-OH is 1. The number of ether oxygens (including phenoxy) is 2. The van der Waals surface area contributed by atoms with Gasteiger partial charge in [-0.15, -0.1) is 0 Å². The van der Waals surface area contributed by atoms with E-state index in [2.05, 4.69) is 39.4 Å². The number of rotatable bonds is 11. The van der Waals surface area contributed by atoms with Crippen LogP contribution in [0.5, 0.6) is 11.5 Å². The smallest absolute Gasteiger partial charge is 0.142 e. The summed E-state index contributed by atoms with van der Waals surface area (Å²) in [7, 11) is 0. The lowest BCUT2D eigenvalue weighted by Gasteiger charge is -2.18. The third-order valence-corrected chi connectivity index (χ3v) is 6.98. The summed E-state index contributed by atoms with van der Waals surface area (Å²) in [5.74, 6) is 2.01. The van der Waals surface area contributed by atoms with Crippen molar-refractivity contribution in [3.05, 3.63) is 81.3 Å². The molecular weight excluding hydrogens is 502 g/mol. The molecule has 1 atom stereocenters. The van der Waals surface area contributed by atoms with Crippen molar-refractivity contribution in [1.82, 2.24) is 5.32 Å². The number of halogens is 2. The van der Waals surface area contributed by atoms with Crippen molar-refractivity contribution in [3.8, 4) is 22.6 Å². The van der Waals surface area contributed by atoms with Gasteiger partial charge in [0.2, 0.25) is 0 Å². The van der Waals surface area contributed by atoms with E-state index in [0.29, 0.717) is 36.4 Å². The molecule has 1 fully saturated rings. The molecular formula is C27H29BrClNO3. The van der Waals surface area contributed by atoms with Crippen molar-refractivity contribution in [2.24, 2.45) is 5.92 Å². The molecule has 1 aliphatic carbocycles. The van der Waals surface area contributed by atoms with Crippen LogP contribution in [0.4, 0.5) is 0 Å². The first-order chi connectivity index (χ1) is 16.0. The highest BCUT2D eigenvalue weighted by Gasteiger charge is 2.23. The third kappa shape index (κ3) is 6.51. The second-order valence-electron chi connectivity index (χ2n) is 8.54. The van der Waals surface area contributed by atoms with E-state index in [9.17, 15) is 5.11 Å². The summed E-state index contributed by atoms with van der Waals surface area (Å²) in [5.41, 5.74) is 4.26. The minimum Gasteiger partial charge on any atom is -0.493 e. The lowest BCUT2D eigenvalue weighted by atomic mass is 10.0. The molecule has 4 nitrogen and oxygen atoms in total. The lowest BCUT2D eigenvalue weighted by Crippen LogP contribution is -2.28. The molecule has 1 aliphatic rings. The third-order valence-electron chi connectivity index (χ3n) is 5.75. The zero-order valence-electron chi connectivity index (χ0n) is 18.7. The van der Waals surface area contributed by atoms with Gasteiger partial charge in [0.05, 0.1) is 18.2 Å². The van der Waals surface area contributed by atoms with Gasteiger partial charge in [0.15, 0.2) is 0 Å². The van der Waals surface area contributed by atoms with E-state index < -0.39 is 0 Å². The fraction of sp³-hybridized carbons (Fsp3) is 0.333. The Balaban J connectivity index is 1.52. The Morgan fingerprint density at radius 1 is 1.03 bits per heavy atom. The molecule has 2 N–H and O–H groups in total. The Morgan fingerprint density at radius 3 is 2.55 bits per heavy atom. The molecule has 1 saturated carbocycles. The Morgan fingerprint density at radius 2 is 1.82 bits per heavy atom. The zero-order chi connectivity index (χ0) is 23.2. The van der Waals surface area contributed by atoms with Gasteiger partial charge in [0, 0.05) is 34.3 Å². The quantitative estimate of drug-likeness (QED) is 0.293. The fourth-order valence-electron chi connectivity index (χ4n) is 3.49. The second kappa shape index (κ2) is 11.4. The lowest BCUT2D eigenvalue weighted by molar-refractivity contribution is 0.249. The molecule has 0 saturated heterocycles. The van der Waals surface area contributed by atoms with Crippen molar-refractivity contribution in [2.45, 2.75) is 39.0 Å². The summed E-state index contributed by atoms with van der Waals surface area (Å²) in [6.07, 6.45) is 2.44. The monoisotopic (exact) mass is 529 g/mol. The van der Waals surface area contributed by atoms with E-state index in [1.165, 1.54) is 12.8 Å². The van der Waals surface area contributed by atoms with Crippen molar-refractivity contribution < 1.29 is 14.6 Å². The molecule has 4 rings (SSSR count). The summed E-state index contributed by atoms with van der Waals surface area (Å²) in [5, 5.41) is 13.1. The molecule has 0 bridgehead atoms. The van der Waals surface area contributed by atoms with Crippen LogP contribution in [0.2, 0.25) is 5.02 Å². The molecule has 33 heavy (non-hydrogen) atoms. The molecule has 0 heterocycles. The standard InChI is InChI=1S/C27H29BrClNO3/c1-18(15-31)30-14-22-12-24(29)26(13-25(22)32-16-19-10-11-19)33-17-21-8-5-9-23(27(21)28)20-6-3-2-4-7-20/h2-9,12-13,18-19,30-31H,10-11,14-17H2,1H3/t18-/m1/s1. The van der Waals surface area contributed by atoms with Crippen LogP contribution in [0.15, 0.2) is 65.1 Å². The molecule has 6 heteroatoms. The van der Waals surface area contributed by atoms with Gasteiger partial charge in [0.25, 0.3) is 0 Å². The van der Waals surface area contributed by atoms with Gasteiger partial charge < -0.3 is 19.9 Å². The van der Waals surface area contributed by atoms with E-state index in [4.69, 9.17) is 21.1 Å². The van der Waals surface area contributed by atoms with Crippen LogP contribution in [0.25, 0.3) is 11.1 Å². The number of benzene rings is 3. The number of hydrogen-bond acceptors (Lipinski definition) is 4. The van der Waals surface area contributed by atoms with Gasteiger partial charge in [-0.3, -0.25) is 0 Å². The van der Waals surface area contributed by atoms with Crippen molar-refractivity contribution in [1.29, 1.82) is 0 Å². The van der Waals surface area contributed by atoms with Crippen LogP contribution in [0, 0.1) is 5.92 Å². The van der Waals surface area contributed by atoms with Crippen molar-refractivity contribution in [3.63, 3.8) is 0 Å². The highest BCUT2D eigenvalue weighted by Crippen LogP contribution is 2.37. The maximum Gasteiger partial charge on any atom is 0.142 e. The minimum absolute atomic E-state index is 0.00905. The van der Waals surface area contributed by atoms with E-state index in [0.717, 1.165) is 32.5 Å². The van der Waals surface area contributed by atoms with Crippen LogP contribution in [-0.4, -0.2) is 24.4 Å². The van der Waals surface area contributed by atoms with E-state index in [-0.39, 0.29) is 12.6 Å². The fourth-order valence-corrected chi connectivity index (χ4v) is 4.34. The highest BCUT2D eigenvalue weighted by molar-refractivity contribution is 9.10. The summed E-state index contributed by atoms with van der Waals surface area (Å²) in [4.78, 5) is 0. The number of nitrogens with one attached hydrogen (secondary N) is 1. The van der Waals surface area contributed by atoms with Crippen LogP contribution < -0.4 is 14.8 Å². The van der Waals surface area contributed by atoms with E-state index in [1.807, 2.05) is 49.4 Å². The van der Waals surface area contributed by atoms with Gasteiger partial charge in [0.1, 0.15) is 18.1 Å². The Bertz CT molecular complexity index is 1070. The summed E-state index contributed by atoms with van der Waals surface area (Å²) < 4.78 is 13.3. The van der Waals surface area contributed by atoms with Gasteiger partial charge in [-0.25, -0.2) is 0 Å². The predicted molar refractivity (Wildman–Crippen MR) is 137 cm³/mol. The van der Waals surface area contributed by atoms with E-state index >= 15 is 0 Å². The SMILES string of the molecule is C[C@H](CO)NCc1cc(Cl)c(OCc2cccc(-c3ccccc3)c2Br)cc1OCC1CC1. The molecule has 0 unspecified atom stereocenters. The van der Waals surface area contributed by atoms with Gasteiger partial charge >= 0.3 is 0 Å². The number of hydrogen-bond donors (Lipinski definition) is 2. The number of aliphatic hydroxyl groups is 1. The maximum atomic E-state index is 9.31. The molecule has 0 amide bonds. The largest absolute Gasteiger partial charge is 0.493 e. The predicted octanol–water partition coefficient (Wildman–Crippen LogP) is 6.61. The maximum absolute atomic E-state index is 9.31. The van der Waals surface area contributed by atoms with Crippen LogP contribution in [0.1, 0.15) is 30.9 Å². The Kier molecular flexibility index (Phi) is 8.31.